The van der Waals surface area contributed by atoms with E-state index >= 15 is 0 Å². The maximum absolute atomic E-state index is 13.0. The zero-order chi connectivity index (χ0) is 23.7. The Morgan fingerprint density at radius 1 is 0.848 bits per heavy atom. The summed E-state index contributed by atoms with van der Waals surface area (Å²) in [5.74, 6) is -1.36. The van der Waals surface area contributed by atoms with E-state index in [2.05, 4.69) is 10.6 Å². The molecule has 1 aliphatic heterocycles. The number of carbonyl (C=O) groups is 3. The molecule has 0 saturated carbocycles. The molecule has 0 atom stereocenters. The van der Waals surface area contributed by atoms with Crippen molar-refractivity contribution in [3.05, 3.63) is 99.7 Å². The minimum Gasteiger partial charge on any atom is -0.350 e. The largest absolute Gasteiger partial charge is 0.350 e. The van der Waals surface area contributed by atoms with Crippen LogP contribution in [0.1, 0.15) is 27.0 Å². The Hall–Kier alpha value is -3.90. The lowest BCUT2D eigenvalue weighted by Crippen LogP contribution is -2.32. The predicted octanol–water partition coefficient (Wildman–Crippen LogP) is 5.30. The van der Waals surface area contributed by atoms with Gasteiger partial charge in [0.15, 0.2) is 0 Å². The third-order valence-electron chi connectivity index (χ3n) is 5.43. The van der Waals surface area contributed by atoms with Gasteiger partial charge in [0.05, 0.1) is 5.69 Å². The van der Waals surface area contributed by atoms with E-state index in [9.17, 15) is 14.4 Å². The highest BCUT2D eigenvalue weighted by Crippen LogP contribution is 2.31. The van der Waals surface area contributed by atoms with Crippen LogP contribution in [-0.4, -0.2) is 17.7 Å². The molecule has 3 amide bonds. The smallest absolute Gasteiger partial charge is 0.283 e. The van der Waals surface area contributed by atoms with Crippen LogP contribution in [0.4, 0.5) is 17.1 Å². The van der Waals surface area contributed by atoms with Crippen LogP contribution in [-0.2, 0) is 9.59 Å². The lowest BCUT2D eigenvalue weighted by Gasteiger charge is -2.17. The molecule has 6 nitrogen and oxygen atoms in total. The van der Waals surface area contributed by atoms with Gasteiger partial charge in [-0.3, -0.25) is 14.4 Å². The molecule has 0 aliphatic carbocycles. The maximum atomic E-state index is 13.0. The molecule has 166 valence electrons. The zero-order valence-electron chi connectivity index (χ0n) is 18.4. The topological polar surface area (TPSA) is 78.5 Å². The van der Waals surface area contributed by atoms with E-state index in [-0.39, 0.29) is 16.6 Å². The van der Waals surface area contributed by atoms with Crippen molar-refractivity contribution >= 4 is 46.4 Å². The Balaban J connectivity index is 1.49. The van der Waals surface area contributed by atoms with Crippen LogP contribution in [0.15, 0.2) is 77.5 Å². The number of aryl methyl sites for hydroxylation is 3. The minimum atomic E-state index is -0.581. The molecule has 7 heteroatoms. The fourth-order valence-corrected chi connectivity index (χ4v) is 3.85. The molecule has 0 fully saturated rings. The van der Waals surface area contributed by atoms with E-state index in [0.29, 0.717) is 16.9 Å². The number of carbonyl (C=O) groups excluding carboxylic acids is 3. The summed E-state index contributed by atoms with van der Waals surface area (Å²) in [5, 5.41) is 5.64. The molecule has 0 aromatic heterocycles. The van der Waals surface area contributed by atoms with Crippen LogP contribution in [0.5, 0.6) is 0 Å². The Bertz CT molecular complexity index is 1310. The highest BCUT2D eigenvalue weighted by molar-refractivity contribution is 6.53. The molecule has 33 heavy (non-hydrogen) atoms. The lowest BCUT2D eigenvalue weighted by atomic mass is 10.1. The molecule has 0 spiro atoms. The highest BCUT2D eigenvalue weighted by Gasteiger charge is 2.39. The molecule has 1 aliphatic rings. The van der Waals surface area contributed by atoms with Gasteiger partial charge in [-0.25, -0.2) is 4.90 Å². The van der Waals surface area contributed by atoms with Gasteiger partial charge >= 0.3 is 0 Å². The average Bonchev–Trinajstić information content (AvgIpc) is 3.00. The first kappa shape index (κ1) is 22.3. The molecule has 0 saturated heterocycles. The van der Waals surface area contributed by atoms with Crippen LogP contribution >= 0.6 is 11.6 Å². The van der Waals surface area contributed by atoms with Crippen LogP contribution in [0.3, 0.4) is 0 Å². The van der Waals surface area contributed by atoms with E-state index in [1.54, 1.807) is 36.4 Å². The standard InChI is InChI=1S/C26H22ClN3O3/c1-15-8-13-20(17(3)14-15)29-24(31)18-9-11-19(12-10-18)28-23-22(27)25(32)30(26(23)33)21-7-5-4-6-16(21)2/h4-14,28H,1-3H3,(H,29,31). The van der Waals surface area contributed by atoms with Crippen molar-refractivity contribution in [3.8, 4) is 0 Å². The summed E-state index contributed by atoms with van der Waals surface area (Å²) in [5.41, 5.74) is 5.09. The van der Waals surface area contributed by atoms with Crippen LogP contribution in [0, 0.1) is 20.8 Å². The fraction of sp³-hybridized carbons (Fsp3) is 0.115. The summed E-state index contributed by atoms with van der Waals surface area (Å²) in [4.78, 5) is 39.3. The Morgan fingerprint density at radius 3 is 2.21 bits per heavy atom. The van der Waals surface area contributed by atoms with E-state index < -0.39 is 11.8 Å². The predicted molar refractivity (Wildman–Crippen MR) is 130 cm³/mol. The number of hydrogen-bond acceptors (Lipinski definition) is 4. The van der Waals surface area contributed by atoms with Gasteiger partial charge in [0.25, 0.3) is 17.7 Å². The van der Waals surface area contributed by atoms with Crippen molar-refractivity contribution in [3.63, 3.8) is 0 Å². The first-order chi connectivity index (χ1) is 15.8. The van der Waals surface area contributed by atoms with E-state index in [0.717, 1.165) is 27.3 Å². The number of halogens is 1. The number of anilines is 3. The van der Waals surface area contributed by atoms with Gasteiger partial charge in [-0.05, 0) is 68.3 Å². The first-order valence-electron chi connectivity index (χ1n) is 10.4. The van der Waals surface area contributed by atoms with Crippen molar-refractivity contribution in [2.45, 2.75) is 20.8 Å². The van der Waals surface area contributed by atoms with Gasteiger partial charge in [-0.1, -0.05) is 47.5 Å². The Morgan fingerprint density at radius 2 is 1.55 bits per heavy atom. The summed E-state index contributed by atoms with van der Waals surface area (Å²) < 4.78 is 0. The lowest BCUT2D eigenvalue weighted by molar-refractivity contribution is -0.120. The second kappa shape index (κ2) is 8.92. The molecule has 2 N–H and O–H groups in total. The van der Waals surface area contributed by atoms with Crippen molar-refractivity contribution in [1.82, 2.24) is 0 Å². The number of amides is 3. The molecular weight excluding hydrogens is 438 g/mol. The van der Waals surface area contributed by atoms with Crippen molar-refractivity contribution in [2.24, 2.45) is 0 Å². The third-order valence-corrected chi connectivity index (χ3v) is 5.78. The number of nitrogens with zero attached hydrogens (tertiary/aromatic N) is 1. The van der Waals surface area contributed by atoms with E-state index in [1.807, 2.05) is 51.1 Å². The number of imide groups is 1. The molecule has 4 rings (SSSR count). The normalized spacial score (nSPS) is 13.5. The van der Waals surface area contributed by atoms with Crippen molar-refractivity contribution in [2.75, 3.05) is 15.5 Å². The third kappa shape index (κ3) is 4.38. The number of benzene rings is 3. The van der Waals surface area contributed by atoms with E-state index in [1.165, 1.54) is 0 Å². The van der Waals surface area contributed by atoms with Gasteiger partial charge < -0.3 is 10.6 Å². The van der Waals surface area contributed by atoms with Crippen LogP contribution in [0.2, 0.25) is 0 Å². The molecule has 0 radical (unpaired) electrons. The maximum Gasteiger partial charge on any atom is 0.283 e. The summed E-state index contributed by atoms with van der Waals surface area (Å²) in [6.07, 6.45) is 0. The monoisotopic (exact) mass is 459 g/mol. The SMILES string of the molecule is Cc1ccc(NC(=O)c2ccc(NC3=C(Cl)C(=O)N(c4ccccc4C)C3=O)cc2)c(C)c1. The van der Waals surface area contributed by atoms with Gasteiger partial charge in [0.2, 0.25) is 0 Å². The summed E-state index contributed by atoms with van der Waals surface area (Å²) in [6, 6.07) is 19.5. The van der Waals surface area contributed by atoms with Gasteiger partial charge in [-0.15, -0.1) is 0 Å². The second-order valence-electron chi connectivity index (χ2n) is 7.90. The first-order valence-corrected chi connectivity index (χ1v) is 10.7. The fourth-order valence-electron chi connectivity index (χ4n) is 3.64. The Kier molecular flexibility index (Phi) is 6.03. The average molecular weight is 460 g/mol. The molecule has 0 unspecified atom stereocenters. The van der Waals surface area contributed by atoms with Crippen molar-refractivity contribution in [1.29, 1.82) is 0 Å². The molecule has 1 heterocycles. The van der Waals surface area contributed by atoms with Gasteiger partial charge in [0.1, 0.15) is 10.7 Å². The number of rotatable bonds is 5. The Labute approximate surface area is 196 Å². The molecular formula is C26H22ClN3O3. The zero-order valence-corrected chi connectivity index (χ0v) is 19.2. The summed E-state index contributed by atoms with van der Waals surface area (Å²) in [6.45, 7) is 5.75. The number of para-hydroxylation sites is 1. The minimum absolute atomic E-state index is 0.00241. The molecule has 0 bridgehead atoms. The molecule has 3 aromatic carbocycles. The molecule has 3 aromatic rings. The van der Waals surface area contributed by atoms with Gasteiger partial charge in [0, 0.05) is 16.9 Å². The number of nitrogens with one attached hydrogen (secondary N) is 2. The van der Waals surface area contributed by atoms with Crippen LogP contribution in [0.25, 0.3) is 0 Å². The quantitative estimate of drug-likeness (QED) is 0.507. The van der Waals surface area contributed by atoms with E-state index in [4.69, 9.17) is 11.6 Å². The van der Waals surface area contributed by atoms with Crippen LogP contribution < -0.4 is 15.5 Å². The summed E-state index contributed by atoms with van der Waals surface area (Å²) in [7, 11) is 0. The number of hydrogen-bond donors (Lipinski definition) is 2. The summed E-state index contributed by atoms with van der Waals surface area (Å²) >= 11 is 6.21. The second-order valence-corrected chi connectivity index (χ2v) is 8.27. The van der Waals surface area contributed by atoms with Crippen molar-refractivity contribution < 1.29 is 14.4 Å². The highest BCUT2D eigenvalue weighted by atomic mass is 35.5. The van der Waals surface area contributed by atoms with Gasteiger partial charge in [-0.2, -0.15) is 0 Å².